The molecular formula is C21H23ClN4O3S. The number of nitrogens with zero attached hydrogens (tertiary/aromatic N) is 2. The predicted octanol–water partition coefficient (Wildman–Crippen LogP) is 4.46. The number of rotatable bonds is 6. The molecule has 0 saturated carbocycles. The number of aromatic nitrogens is 2. The van der Waals surface area contributed by atoms with Crippen LogP contribution in [-0.4, -0.2) is 29.9 Å². The lowest BCUT2D eigenvalue weighted by Gasteiger charge is -2.12. The van der Waals surface area contributed by atoms with Gasteiger partial charge in [-0.2, -0.15) is 5.10 Å². The van der Waals surface area contributed by atoms with Crippen molar-refractivity contribution in [3.05, 3.63) is 70.0 Å². The van der Waals surface area contributed by atoms with Gasteiger partial charge in [-0.15, -0.1) is 0 Å². The summed E-state index contributed by atoms with van der Waals surface area (Å²) in [7, 11) is -3.36. The second-order valence-corrected chi connectivity index (χ2v) is 9.32. The number of hydrogen-bond donors (Lipinski definition) is 2. The quantitative estimate of drug-likeness (QED) is 0.584. The molecule has 2 N–H and O–H groups in total. The van der Waals surface area contributed by atoms with Gasteiger partial charge in [-0.05, 0) is 75.7 Å². The number of halogens is 1. The van der Waals surface area contributed by atoms with Gasteiger partial charge in [-0.25, -0.2) is 13.1 Å². The number of nitrogens with one attached hydrogen (secondary N) is 2. The molecule has 1 amide bonds. The summed E-state index contributed by atoms with van der Waals surface area (Å²) in [5, 5.41) is 7.86. The van der Waals surface area contributed by atoms with Gasteiger partial charge in [0.1, 0.15) is 0 Å². The van der Waals surface area contributed by atoms with Crippen LogP contribution in [0.2, 0.25) is 5.02 Å². The van der Waals surface area contributed by atoms with Crippen molar-refractivity contribution in [1.29, 1.82) is 0 Å². The average molecular weight is 447 g/mol. The van der Waals surface area contributed by atoms with E-state index >= 15 is 0 Å². The number of amides is 1. The van der Waals surface area contributed by atoms with Gasteiger partial charge < -0.3 is 5.32 Å². The van der Waals surface area contributed by atoms with Crippen LogP contribution in [0, 0.1) is 20.8 Å². The summed E-state index contributed by atoms with van der Waals surface area (Å²) >= 11 is 6.20. The topological polar surface area (TPSA) is 93.1 Å². The second kappa shape index (κ2) is 8.49. The molecule has 0 atom stereocenters. The van der Waals surface area contributed by atoms with Gasteiger partial charge >= 0.3 is 0 Å². The van der Waals surface area contributed by atoms with Gasteiger partial charge in [0.2, 0.25) is 10.0 Å². The fraction of sp³-hybridized carbons (Fsp3) is 0.238. The fourth-order valence-electron chi connectivity index (χ4n) is 2.93. The molecule has 0 spiro atoms. The van der Waals surface area contributed by atoms with Crippen LogP contribution in [0.5, 0.6) is 0 Å². The Morgan fingerprint density at radius 3 is 2.30 bits per heavy atom. The van der Waals surface area contributed by atoms with Gasteiger partial charge in [0, 0.05) is 11.3 Å². The van der Waals surface area contributed by atoms with Gasteiger partial charge in [0.15, 0.2) is 0 Å². The summed E-state index contributed by atoms with van der Waals surface area (Å²) in [5.74, 6) is -0.278. The summed E-state index contributed by atoms with van der Waals surface area (Å²) in [6, 6.07) is 12.0. The molecule has 7 nitrogen and oxygen atoms in total. The summed E-state index contributed by atoms with van der Waals surface area (Å²) < 4.78 is 27.7. The molecule has 0 aliphatic carbocycles. The Morgan fingerprint density at radius 1 is 1.10 bits per heavy atom. The van der Waals surface area contributed by atoms with Crippen molar-refractivity contribution in [3.8, 4) is 5.69 Å². The first-order valence-corrected chi connectivity index (χ1v) is 11.4. The third kappa shape index (κ3) is 4.66. The summed E-state index contributed by atoms with van der Waals surface area (Å²) in [6.07, 6.45) is 0. The van der Waals surface area contributed by atoms with Crippen molar-refractivity contribution in [2.24, 2.45) is 0 Å². The Hall–Kier alpha value is -2.84. The highest BCUT2D eigenvalue weighted by molar-refractivity contribution is 7.92. The third-order valence-corrected chi connectivity index (χ3v) is 6.54. The average Bonchev–Trinajstić information content (AvgIpc) is 2.97. The third-order valence-electron chi connectivity index (χ3n) is 4.71. The minimum Gasteiger partial charge on any atom is -0.322 e. The highest BCUT2D eigenvalue weighted by atomic mass is 35.5. The van der Waals surface area contributed by atoms with E-state index in [2.05, 4.69) is 15.1 Å². The smallest absolute Gasteiger partial charge is 0.255 e. The number of benzene rings is 2. The molecule has 1 aromatic heterocycles. The molecule has 158 valence electrons. The summed E-state index contributed by atoms with van der Waals surface area (Å²) in [5.41, 5.74) is 4.65. The SMILES string of the molecule is CCS(=O)(=O)Nc1ccc(NC(=O)c2ccc(-n3nc(C)c(Cl)c3C)cc2)cc1C. The molecule has 30 heavy (non-hydrogen) atoms. The lowest BCUT2D eigenvalue weighted by atomic mass is 10.1. The molecule has 0 unspecified atom stereocenters. The number of hydrogen-bond acceptors (Lipinski definition) is 4. The largest absolute Gasteiger partial charge is 0.322 e. The molecule has 3 rings (SSSR count). The maximum absolute atomic E-state index is 12.6. The molecule has 0 bridgehead atoms. The van der Waals surface area contributed by atoms with Crippen molar-refractivity contribution in [2.75, 3.05) is 15.8 Å². The van der Waals surface area contributed by atoms with E-state index < -0.39 is 10.0 Å². The Labute approximate surface area is 181 Å². The normalized spacial score (nSPS) is 11.4. The zero-order valence-electron chi connectivity index (χ0n) is 17.2. The Bertz CT molecular complexity index is 1200. The van der Waals surface area contributed by atoms with Gasteiger partial charge in [-0.3, -0.25) is 9.52 Å². The number of carbonyl (C=O) groups is 1. The van der Waals surface area contributed by atoms with Crippen molar-refractivity contribution in [2.45, 2.75) is 27.7 Å². The Balaban J connectivity index is 1.74. The predicted molar refractivity (Wildman–Crippen MR) is 120 cm³/mol. The van der Waals surface area contributed by atoms with Gasteiger partial charge in [0.25, 0.3) is 5.91 Å². The molecule has 0 aliphatic heterocycles. The standard InChI is InChI=1S/C21H23ClN4O3S/c1-5-30(28,29)25-19-11-8-17(12-13(19)2)23-21(27)16-6-9-18(10-7-16)26-15(4)20(22)14(3)24-26/h6-12,25H,5H2,1-4H3,(H,23,27). The molecule has 0 radical (unpaired) electrons. The first-order valence-electron chi connectivity index (χ1n) is 9.36. The van der Waals surface area contributed by atoms with Crippen LogP contribution in [0.3, 0.4) is 0 Å². The van der Waals surface area contributed by atoms with Crippen molar-refractivity contribution >= 4 is 38.9 Å². The van der Waals surface area contributed by atoms with E-state index in [1.807, 2.05) is 13.8 Å². The molecule has 3 aromatic rings. The van der Waals surface area contributed by atoms with Crippen molar-refractivity contribution < 1.29 is 13.2 Å². The minimum atomic E-state index is -3.36. The maximum Gasteiger partial charge on any atom is 0.255 e. The van der Waals surface area contributed by atoms with E-state index in [1.165, 1.54) is 0 Å². The van der Waals surface area contributed by atoms with E-state index in [4.69, 9.17) is 11.6 Å². The lowest BCUT2D eigenvalue weighted by Crippen LogP contribution is -2.16. The van der Waals surface area contributed by atoms with E-state index in [0.717, 1.165) is 17.1 Å². The van der Waals surface area contributed by atoms with E-state index in [-0.39, 0.29) is 11.7 Å². The van der Waals surface area contributed by atoms with Crippen LogP contribution in [0.15, 0.2) is 42.5 Å². The van der Waals surface area contributed by atoms with Crippen molar-refractivity contribution in [1.82, 2.24) is 9.78 Å². The first-order chi connectivity index (χ1) is 14.1. The van der Waals surface area contributed by atoms with Gasteiger partial charge in [0.05, 0.1) is 33.5 Å². The van der Waals surface area contributed by atoms with Crippen LogP contribution in [0.1, 0.15) is 34.2 Å². The molecule has 0 saturated heterocycles. The summed E-state index contributed by atoms with van der Waals surface area (Å²) in [6.45, 7) is 7.07. The number of sulfonamides is 1. The maximum atomic E-state index is 12.6. The summed E-state index contributed by atoms with van der Waals surface area (Å²) in [4.78, 5) is 12.6. The monoisotopic (exact) mass is 446 g/mol. The van der Waals surface area contributed by atoms with E-state index in [9.17, 15) is 13.2 Å². The molecular weight excluding hydrogens is 424 g/mol. The zero-order chi connectivity index (χ0) is 22.1. The fourth-order valence-corrected chi connectivity index (χ4v) is 3.75. The minimum absolute atomic E-state index is 0.00917. The van der Waals surface area contributed by atoms with E-state index in [1.54, 1.807) is 61.0 Å². The van der Waals surface area contributed by atoms with Gasteiger partial charge in [-0.1, -0.05) is 11.6 Å². The number of aryl methyl sites for hydroxylation is 2. The molecule has 0 fully saturated rings. The van der Waals surface area contributed by atoms with Crippen LogP contribution >= 0.6 is 11.6 Å². The molecule has 1 heterocycles. The lowest BCUT2D eigenvalue weighted by molar-refractivity contribution is 0.102. The number of anilines is 2. The molecule has 0 aliphatic rings. The van der Waals surface area contributed by atoms with Crippen LogP contribution in [0.25, 0.3) is 5.69 Å². The van der Waals surface area contributed by atoms with E-state index in [0.29, 0.717) is 27.5 Å². The molecule has 9 heteroatoms. The highest BCUT2D eigenvalue weighted by Crippen LogP contribution is 2.24. The Kier molecular flexibility index (Phi) is 6.19. The number of carbonyl (C=O) groups excluding carboxylic acids is 1. The first kappa shape index (κ1) is 21.9. The van der Waals surface area contributed by atoms with Crippen LogP contribution in [0.4, 0.5) is 11.4 Å². The second-order valence-electron chi connectivity index (χ2n) is 6.93. The Morgan fingerprint density at radius 2 is 1.77 bits per heavy atom. The molecule has 2 aromatic carbocycles. The van der Waals surface area contributed by atoms with Crippen LogP contribution < -0.4 is 10.0 Å². The van der Waals surface area contributed by atoms with Crippen LogP contribution in [-0.2, 0) is 10.0 Å². The highest BCUT2D eigenvalue weighted by Gasteiger charge is 2.13. The van der Waals surface area contributed by atoms with Crippen molar-refractivity contribution in [3.63, 3.8) is 0 Å². The zero-order valence-corrected chi connectivity index (χ0v) is 18.7.